The highest BCUT2D eigenvalue weighted by Crippen LogP contribution is 2.35. The Hall–Kier alpha value is -1.39. The molecule has 1 saturated heterocycles. The first-order valence-electron chi connectivity index (χ1n) is 5.80. The highest BCUT2D eigenvalue weighted by molar-refractivity contribution is 5.93. The molecule has 2 aliphatic heterocycles. The van der Waals surface area contributed by atoms with Gasteiger partial charge in [0.25, 0.3) is 0 Å². The zero-order valence-corrected chi connectivity index (χ0v) is 9.79. The third-order valence-corrected chi connectivity index (χ3v) is 3.59. The summed E-state index contributed by atoms with van der Waals surface area (Å²) >= 11 is 0. The lowest BCUT2D eigenvalue weighted by Gasteiger charge is -2.40. The van der Waals surface area contributed by atoms with Crippen LogP contribution < -0.4 is 5.32 Å². The van der Waals surface area contributed by atoms with E-state index in [1.165, 1.54) is 5.56 Å². The van der Waals surface area contributed by atoms with Crippen molar-refractivity contribution in [2.24, 2.45) is 0 Å². The van der Waals surface area contributed by atoms with Crippen LogP contribution in [0, 0.1) is 0 Å². The van der Waals surface area contributed by atoms with Crippen LogP contribution in [-0.2, 0) is 26.3 Å². The molecule has 1 amide bonds. The molecule has 1 fully saturated rings. The number of hydrogen-bond acceptors (Lipinski definition) is 3. The summed E-state index contributed by atoms with van der Waals surface area (Å²) in [6.07, 6.45) is 1.36. The Bertz CT molecular complexity index is 460. The number of anilines is 1. The fraction of sp³-hybridized carbons (Fsp3) is 0.462. The summed E-state index contributed by atoms with van der Waals surface area (Å²) in [7, 11) is 1.71. The van der Waals surface area contributed by atoms with Crippen LogP contribution in [0.3, 0.4) is 0 Å². The summed E-state index contributed by atoms with van der Waals surface area (Å²) in [5.74, 6) is 0.0960. The van der Waals surface area contributed by atoms with Crippen molar-refractivity contribution in [2.75, 3.05) is 25.6 Å². The molecular formula is C13H15NO3. The first kappa shape index (κ1) is 10.7. The first-order chi connectivity index (χ1) is 8.23. The van der Waals surface area contributed by atoms with Gasteiger partial charge in [-0.2, -0.15) is 0 Å². The van der Waals surface area contributed by atoms with E-state index in [0.717, 1.165) is 17.7 Å². The van der Waals surface area contributed by atoms with Crippen molar-refractivity contribution in [2.45, 2.75) is 18.4 Å². The van der Waals surface area contributed by atoms with Crippen LogP contribution in [0.4, 0.5) is 5.69 Å². The molecule has 2 aliphatic rings. The molecule has 3 rings (SSSR count). The van der Waals surface area contributed by atoms with Crippen LogP contribution in [0.15, 0.2) is 18.2 Å². The second-order valence-corrected chi connectivity index (χ2v) is 4.61. The van der Waals surface area contributed by atoms with Gasteiger partial charge in [-0.05, 0) is 23.6 Å². The molecule has 0 saturated carbocycles. The highest BCUT2D eigenvalue weighted by atomic mass is 16.6. The summed E-state index contributed by atoms with van der Waals surface area (Å²) in [5, 5.41) is 2.88. The second kappa shape index (κ2) is 3.82. The number of benzene rings is 1. The van der Waals surface area contributed by atoms with Gasteiger partial charge in [-0.1, -0.05) is 12.1 Å². The van der Waals surface area contributed by atoms with Gasteiger partial charge in [-0.25, -0.2) is 0 Å². The Kier molecular flexibility index (Phi) is 2.42. The molecule has 0 spiro atoms. The fourth-order valence-corrected chi connectivity index (χ4v) is 2.36. The lowest BCUT2D eigenvalue weighted by atomic mass is 9.88. The lowest BCUT2D eigenvalue weighted by molar-refractivity contribution is -0.202. The van der Waals surface area contributed by atoms with Crippen molar-refractivity contribution in [1.29, 1.82) is 0 Å². The molecule has 0 bridgehead atoms. The molecule has 1 N–H and O–H groups in total. The quantitative estimate of drug-likeness (QED) is 0.841. The van der Waals surface area contributed by atoms with Gasteiger partial charge in [-0.3, -0.25) is 4.79 Å². The van der Waals surface area contributed by atoms with Crippen molar-refractivity contribution < 1.29 is 14.3 Å². The first-order valence-corrected chi connectivity index (χ1v) is 5.80. The molecule has 1 aromatic rings. The van der Waals surface area contributed by atoms with Gasteiger partial charge in [0.2, 0.25) is 5.91 Å². The van der Waals surface area contributed by atoms with Crippen LogP contribution >= 0.6 is 0 Å². The minimum absolute atomic E-state index is 0.0960. The third kappa shape index (κ3) is 1.64. The number of aryl methyl sites for hydroxylation is 1. The van der Waals surface area contributed by atoms with Gasteiger partial charge < -0.3 is 14.8 Å². The van der Waals surface area contributed by atoms with Crippen molar-refractivity contribution in [1.82, 2.24) is 0 Å². The topological polar surface area (TPSA) is 47.6 Å². The van der Waals surface area contributed by atoms with Gasteiger partial charge in [0.1, 0.15) is 5.60 Å². The van der Waals surface area contributed by atoms with E-state index < -0.39 is 0 Å². The number of carbonyl (C=O) groups is 1. The average molecular weight is 233 g/mol. The molecule has 4 heteroatoms. The normalized spacial score (nSPS) is 21.4. The van der Waals surface area contributed by atoms with Crippen LogP contribution in [0.5, 0.6) is 0 Å². The number of carbonyl (C=O) groups excluding carboxylic acids is 1. The van der Waals surface area contributed by atoms with Gasteiger partial charge in [0.05, 0.1) is 13.2 Å². The Morgan fingerprint density at radius 1 is 1.35 bits per heavy atom. The van der Waals surface area contributed by atoms with Gasteiger partial charge in [-0.15, -0.1) is 0 Å². The van der Waals surface area contributed by atoms with E-state index >= 15 is 0 Å². The lowest BCUT2D eigenvalue weighted by Crippen LogP contribution is -2.48. The Morgan fingerprint density at radius 2 is 2.18 bits per heavy atom. The SMILES string of the molecule is COC1(c2ccc3c(c2)CCC(=O)N3)COC1. The van der Waals surface area contributed by atoms with Gasteiger partial charge >= 0.3 is 0 Å². The third-order valence-electron chi connectivity index (χ3n) is 3.59. The molecule has 0 aliphatic carbocycles. The number of nitrogens with one attached hydrogen (secondary N) is 1. The molecule has 0 radical (unpaired) electrons. The zero-order valence-electron chi connectivity index (χ0n) is 9.79. The van der Waals surface area contributed by atoms with Gasteiger partial charge in [0, 0.05) is 19.2 Å². The molecule has 4 nitrogen and oxygen atoms in total. The number of hydrogen-bond donors (Lipinski definition) is 1. The number of amides is 1. The molecule has 90 valence electrons. The molecule has 0 aromatic heterocycles. The molecule has 0 unspecified atom stereocenters. The Labute approximate surface area is 99.9 Å². The van der Waals surface area contributed by atoms with Crippen LogP contribution in [0.2, 0.25) is 0 Å². The summed E-state index contributed by atoms with van der Waals surface area (Å²) in [6, 6.07) is 6.10. The van der Waals surface area contributed by atoms with E-state index in [-0.39, 0.29) is 11.5 Å². The van der Waals surface area contributed by atoms with Crippen LogP contribution in [0.1, 0.15) is 17.5 Å². The van der Waals surface area contributed by atoms with Crippen molar-refractivity contribution in [3.05, 3.63) is 29.3 Å². The molecule has 0 atom stereocenters. The predicted octanol–water partition coefficient (Wildman–Crippen LogP) is 1.44. The summed E-state index contributed by atoms with van der Waals surface area (Å²) in [5.41, 5.74) is 2.97. The zero-order chi connectivity index (χ0) is 11.9. The average Bonchev–Trinajstić information content (AvgIpc) is 2.28. The minimum Gasteiger partial charge on any atom is -0.375 e. The molecule has 2 heterocycles. The maximum Gasteiger partial charge on any atom is 0.224 e. The van der Waals surface area contributed by atoms with Crippen molar-refractivity contribution >= 4 is 11.6 Å². The van der Waals surface area contributed by atoms with Crippen molar-refractivity contribution in [3.8, 4) is 0 Å². The Morgan fingerprint density at radius 3 is 2.82 bits per heavy atom. The van der Waals surface area contributed by atoms with E-state index in [0.29, 0.717) is 19.6 Å². The summed E-state index contributed by atoms with van der Waals surface area (Å²) in [6.45, 7) is 1.21. The van der Waals surface area contributed by atoms with E-state index in [2.05, 4.69) is 11.4 Å². The summed E-state index contributed by atoms with van der Waals surface area (Å²) < 4.78 is 10.8. The van der Waals surface area contributed by atoms with E-state index in [1.807, 2.05) is 12.1 Å². The molecular weight excluding hydrogens is 218 g/mol. The number of rotatable bonds is 2. The minimum atomic E-state index is -0.281. The smallest absolute Gasteiger partial charge is 0.224 e. The van der Waals surface area contributed by atoms with Crippen LogP contribution in [0.25, 0.3) is 0 Å². The van der Waals surface area contributed by atoms with Crippen LogP contribution in [-0.4, -0.2) is 26.2 Å². The number of fused-ring (bicyclic) bond motifs is 1. The standard InChI is InChI=1S/C13H15NO3/c1-16-13(7-17-8-13)10-3-4-11-9(6-10)2-5-12(15)14-11/h3-4,6H,2,5,7-8H2,1H3,(H,14,15). The molecule has 1 aromatic carbocycles. The maximum atomic E-state index is 11.3. The van der Waals surface area contributed by atoms with E-state index in [9.17, 15) is 4.79 Å². The second-order valence-electron chi connectivity index (χ2n) is 4.61. The van der Waals surface area contributed by atoms with Gasteiger partial charge in [0.15, 0.2) is 0 Å². The molecule has 17 heavy (non-hydrogen) atoms. The van der Waals surface area contributed by atoms with E-state index in [4.69, 9.17) is 9.47 Å². The summed E-state index contributed by atoms with van der Waals surface area (Å²) in [4.78, 5) is 11.3. The fourth-order valence-electron chi connectivity index (χ4n) is 2.36. The van der Waals surface area contributed by atoms with Crippen molar-refractivity contribution in [3.63, 3.8) is 0 Å². The highest BCUT2D eigenvalue weighted by Gasteiger charge is 2.41. The largest absolute Gasteiger partial charge is 0.375 e. The van der Waals surface area contributed by atoms with E-state index in [1.54, 1.807) is 7.11 Å². The monoisotopic (exact) mass is 233 g/mol. The Balaban J connectivity index is 1.96. The number of methoxy groups -OCH3 is 1. The predicted molar refractivity (Wildman–Crippen MR) is 62.9 cm³/mol. The maximum absolute atomic E-state index is 11.3. The number of ether oxygens (including phenoxy) is 2.